The molecule has 0 unspecified atom stereocenters. The van der Waals surface area contributed by atoms with E-state index in [1.165, 1.54) is 15.9 Å². The fourth-order valence-electron chi connectivity index (χ4n) is 2.87. The van der Waals surface area contributed by atoms with Gasteiger partial charge in [-0.25, -0.2) is 9.78 Å². The van der Waals surface area contributed by atoms with Crippen molar-refractivity contribution in [1.82, 2.24) is 9.55 Å². The minimum Gasteiger partial charge on any atom is -0.408 e. The van der Waals surface area contributed by atoms with E-state index in [9.17, 15) is 14.9 Å². The lowest BCUT2D eigenvalue weighted by Crippen LogP contribution is -2.19. The van der Waals surface area contributed by atoms with Crippen molar-refractivity contribution in [1.29, 1.82) is 5.26 Å². The molecule has 0 amide bonds. The molecule has 0 spiro atoms. The molecule has 2 aromatic heterocycles. The molecule has 0 N–H and O–H groups in total. The molecule has 0 aliphatic rings. The standard InChI is InChI=1S/C19H13N3O3S/c20-11-12(18-21-13-5-1-4-8-17(13)26-18)15(23)9-10-22-14-6-2-3-7-16(14)25-19(22)24/h1-8,12H,9-10H2/t12-/m0/s1. The van der Waals surface area contributed by atoms with Gasteiger partial charge in [-0.1, -0.05) is 24.3 Å². The summed E-state index contributed by atoms with van der Waals surface area (Å²) in [5, 5.41) is 9.96. The van der Waals surface area contributed by atoms with Crippen LogP contribution in [0.25, 0.3) is 21.3 Å². The minimum absolute atomic E-state index is 0.0532. The molecule has 1 atom stereocenters. The van der Waals surface area contributed by atoms with Crippen LogP contribution in [-0.2, 0) is 11.3 Å². The molecule has 6 nitrogen and oxygen atoms in total. The lowest BCUT2D eigenvalue weighted by molar-refractivity contribution is -0.119. The fourth-order valence-corrected chi connectivity index (χ4v) is 3.91. The summed E-state index contributed by atoms with van der Waals surface area (Å²) < 4.78 is 7.52. The van der Waals surface area contributed by atoms with Crippen LogP contribution in [0.5, 0.6) is 0 Å². The zero-order valence-corrected chi connectivity index (χ0v) is 14.4. The Labute approximate surface area is 151 Å². The molecule has 2 aromatic carbocycles. The topological polar surface area (TPSA) is 88.9 Å². The van der Waals surface area contributed by atoms with E-state index in [0.29, 0.717) is 16.1 Å². The van der Waals surface area contributed by atoms with Gasteiger partial charge < -0.3 is 4.42 Å². The molecule has 0 aliphatic carbocycles. The van der Waals surface area contributed by atoms with Gasteiger partial charge in [-0.2, -0.15) is 5.26 Å². The van der Waals surface area contributed by atoms with E-state index in [4.69, 9.17) is 4.42 Å². The van der Waals surface area contributed by atoms with Crippen LogP contribution in [-0.4, -0.2) is 15.3 Å². The van der Waals surface area contributed by atoms with E-state index >= 15 is 0 Å². The Kier molecular flexibility index (Phi) is 4.11. The predicted octanol–water partition coefficient (Wildman–Crippen LogP) is 3.47. The molecule has 0 fully saturated rings. The van der Waals surface area contributed by atoms with Gasteiger partial charge in [0.1, 0.15) is 5.01 Å². The number of fused-ring (bicyclic) bond motifs is 2. The second kappa shape index (κ2) is 6.58. The van der Waals surface area contributed by atoms with Gasteiger partial charge in [0.15, 0.2) is 17.3 Å². The number of nitriles is 1. The number of para-hydroxylation sites is 3. The van der Waals surface area contributed by atoms with Gasteiger partial charge in [0.25, 0.3) is 0 Å². The number of aromatic nitrogens is 2. The van der Waals surface area contributed by atoms with Crippen LogP contribution in [0.1, 0.15) is 17.3 Å². The lowest BCUT2D eigenvalue weighted by Gasteiger charge is -2.05. The molecular weight excluding hydrogens is 350 g/mol. The first-order valence-electron chi connectivity index (χ1n) is 8.03. The first-order valence-corrected chi connectivity index (χ1v) is 8.85. The molecule has 0 bridgehead atoms. The second-order valence-corrected chi connectivity index (χ2v) is 6.85. The van der Waals surface area contributed by atoms with E-state index in [0.717, 1.165) is 10.2 Å². The monoisotopic (exact) mass is 363 g/mol. The number of carbonyl (C=O) groups is 1. The Hall–Kier alpha value is -3.24. The van der Waals surface area contributed by atoms with Crippen LogP contribution in [0.3, 0.4) is 0 Å². The number of aryl methyl sites for hydroxylation is 1. The Morgan fingerprint density at radius 1 is 1.23 bits per heavy atom. The lowest BCUT2D eigenvalue weighted by atomic mass is 10.0. The van der Waals surface area contributed by atoms with E-state index in [1.54, 1.807) is 24.3 Å². The summed E-state index contributed by atoms with van der Waals surface area (Å²) in [6, 6.07) is 16.6. The van der Waals surface area contributed by atoms with Crippen molar-refractivity contribution in [3.05, 3.63) is 64.1 Å². The Bertz CT molecular complexity index is 1180. The number of Topliss-reactive ketones (excluding diaryl/α,β-unsaturated/α-hetero) is 1. The zero-order chi connectivity index (χ0) is 18.1. The molecule has 128 valence electrons. The SMILES string of the molecule is N#C[C@@H](C(=O)CCn1c(=O)oc2ccccc21)c1nc2ccccc2s1. The molecule has 0 aliphatic heterocycles. The van der Waals surface area contributed by atoms with Crippen LogP contribution < -0.4 is 5.76 Å². The van der Waals surface area contributed by atoms with E-state index in [2.05, 4.69) is 4.98 Å². The molecule has 7 heteroatoms. The molecule has 0 saturated carbocycles. The normalized spacial score (nSPS) is 12.3. The highest BCUT2D eigenvalue weighted by Crippen LogP contribution is 2.28. The van der Waals surface area contributed by atoms with E-state index < -0.39 is 11.7 Å². The van der Waals surface area contributed by atoms with Gasteiger partial charge in [0.05, 0.1) is 21.8 Å². The third kappa shape index (κ3) is 2.80. The van der Waals surface area contributed by atoms with E-state index in [1.807, 2.05) is 30.3 Å². The third-order valence-corrected chi connectivity index (χ3v) is 5.27. The highest BCUT2D eigenvalue weighted by atomic mass is 32.1. The maximum absolute atomic E-state index is 12.6. The smallest absolute Gasteiger partial charge is 0.408 e. The quantitative estimate of drug-likeness (QED) is 0.542. The summed E-state index contributed by atoms with van der Waals surface area (Å²) >= 11 is 1.35. The number of rotatable bonds is 5. The third-order valence-electron chi connectivity index (χ3n) is 4.16. The van der Waals surface area contributed by atoms with Crippen LogP contribution in [0.15, 0.2) is 57.7 Å². The van der Waals surface area contributed by atoms with Crippen molar-refractivity contribution in [2.24, 2.45) is 0 Å². The van der Waals surface area contributed by atoms with Crippen LogP contribution >= 0.6 is 11.3 Å². The molecule has 4 rings (SSSR count). The summed E-state index contributed by atoms with van der Waals surface area (Å²) in [6.45, 7) is 0.164. The van der Waals surface area contributed by atoms with E-state index in [-0.39, 0.29) is 18.7 Å². The van der Waals surface area contributed by atoms with Gasteiger partial charge in [-0.05, 0) is 24.3 Å². The van der Waals surface area contributed by atoms with Crippen molar-refractivity contribution in [3.8, 4) is 6.07 Å². The Balaban J connectivity index is 1.57. The zero-order valence-electron chi connectivity index (χ0n) is 13.6. The number of thiazole rings is 1. The summed E-state index contributed by atoms with van der Waals surface area (Å²) in [5.41, 5.74) is 1.89. The van der Waals surface area contributed by atoms with Crippen LogP contribution in [0.2, 0.25) is 0 Å². The summed E-state index contributed by atoms with van der Waals surface area (Å²) in [7, 11) is 0. The number of carbonyl (C=O) groups excluding carboxylic acids is 1. The number of benzene rings is 2. The van der Waals surface area contributed by atoms with Gasteiger partial charge in [0, 0.05) is 13.0 Å². The molecule has 2 heterocycles. The van der Waals surface area contributed by atoms with Gasteiger partial charge in [-0.15, -0.1) is 11.3 Å². The van der Waals surface area contributed by atoms with Crippen molar-refractivity contribution >= 4 is 38.4 Å². The van der Waals surface area contributed by atoms with Crippen molar-refractivity contribution in [3.63, 3.8) is 0 Å². The number of hydrogen-bond acceptors (Lipinski definition) is 6. The van der Waals surface area contributed by atoms with Crippen LogP contribution in [0.4, 0.5) is 0 Å². The maximum atomic E-state index is 12.6. The second-order valence-electron chi connectivity index (χ2n) is 5.79. The molecule has 4 aromatic rings. The molecule has 26 heavy (non-hydrogen) atoms. The van der Waals surface area contributed by atoms with Crippen molar-refractivity contribution in [2.75, 3.05) is 0 Å². The molecular formula is C19H13N3O3S. The van der Waals surface area contributed by atoms with Gasteiger partial charge in [0.2, 0.25) is 0 Å². The molecule has 0 radical (unpaired) electrons. The minimum atomic E-state index is -0.929. The summed E-state index contributed by atoms with van der Waals surface area (Å²) in [6.07, 6.45) is 0.0532. The highest BCUT2D eigenvalue weighted by molar-refractivity contribution is 7.18. The summed E-state index contributed by atoms with van der Waals surface area (Å²) in [5.74, 6) is -1.70. The predicted molar refractivity (Wildman–Crippen MR) is 98.1 cm³/mol. The number of nitrogens with zero attached hydrogens (tertiary/aromatic N) is 3. The maximum Gasteiger partial charge on any atom is 0.419 e. The Morgan fingerprint density at radius 3 is 2.81 bits per heavy atom. The Morgan fingerprint density at radius 2 is 2.00 bits per heavy atom. The van der Waals surface area contributed by atoms with Gasteiger partial charge in [-0.3, -0.25) is 9.36 Å². The number of ketones is 1. The average Bonchev–Trinajstić information content (AvgIpc) is 3.20. The number of oxazole rings is 1. The first kappa shape index (κ1) is 16.2. The van der Waals surface area contributed by atoms with Gasteiger partial charge >= 0.3 is 5.76 Å². The van der Waals surface area contributed by atoms with Crippen molar-refractivity contribution in [2.45, 2.75) is 18.9 Å². The van der Waals surface area contributed by atoms with Crippen molar-refractivity contribution < 1.29 is 9.21 Å². The highest BCUT2D eigenvalue weighted by Gasteiger charge is 2.24. The number of hydrogen-bond donors (Lipinski definition) is 0. The summed E-state index contributed by atoms with van der Waals surface area (Å²) in [4.78, 5) is 29.0. The van der Waals surface area contributed by atoms with Crippen LogP contribution in [0, 0.1) is 11.3 Å². The molecule has 0 saturated heterocycles. The average molecular weight is 363 g/mol. The first-order chi connectivity index (χ1) is 12.7. The fraction of sp³-hybridized carbons (Fsp3) is 0.158. The largest absolute Gasteiger partial charge is 0.419 e.